The van der Waals surface area contributed by atoms with Gasteiger partial charge in [0.2, 0.25) is 5.78 Å². The van der Waals surface area contributed by atoms with Crippen LogP contribution in [0.3, 0.4) is 0 Å². The van der Waals surface area contributed by atoms with Gasteiger partial charge in [-0.25, -0.2) is 4.79 Å². The highest BCUT2D eigenvalue weighted by molar-refractivity contribution is 6.13. The molecule has 0 radical (unpaired) electrons. The SMILES string of the molecule is CC(C)=C1Oc2c(ccc3c2[C@H](c2ccc(-c4ccc(C(=O)O)cc4)o2)CC(=O)O3)C1=O. The number of aromatic carboxylic acids is 1. The van der Waals surface area contributed by atoms with Gasteiger partial charge in [0.15, 0.2) is 5.76 Å². The van der Waals surface area contributed by atoms with Crippen molar-refractivity contribution in [2.24, 2.45) is 0 Å². The average molecular weight is 430 g/mol. The molecule has 0 saturated heterocycles. The van der Waals surface area contributed by atoms with E-state index in [2.05, 4.69) is 0 Å². The molecule has 0 amide bonds. The smallest absolute Gasteiger partial charge is 0.335 e. The highest BCUT2D eigenvalue weighted by Gasteiger charge is 2.39. The number of carbonyl (C=O) groups excluding carboxylic acids is 2. The lowest BCUT2D eigenvalue weighted by atomic mass is 9.88. The lowest BCUT2D eigenvalue weighted by Gasteiger charge is -2.24. The number of benzene rings is 2. The van der Waals surface area contributed by atoms with E-state index in [0.717, 1.165) is 5.57 Å². The number of hydrogen-bond acceptors (Lipinski definition) is 6. The third kappa shape index (κ3) is 3.10. The summed E-state index contributed by atoms with van der Waals surface area (Å²) in [6.07, 6.45) is 0.0378. The summed E-state index contributed by atoms with van der Waals surface area (Å²) in [5.41, 5.74) is 2.68. The van der Waals surface area contributed by atoms with Crippen LogP contribution < -0.4 is 9.47 Å². The zero-order chi connectivity index (χ0) is 22.6. The van der Waals surface area contributed by atoms with Gasteiger partial charge in [0.05, 0.1) is 23.5 Å². The number of allylic oxidation sites excluding steroid dienone is 2. The second kappa shape index (κ2) is 7.23. The topological polar surface area (TPSA) is 103 Å². The Morgan fingerprint density at radius 2 is 1.72 bits per heavy atom. The molecule has 5 rings (SSSR count). The van der Waals surface area contributed by atoms with Crippen LogP contribution in [0, 0.1) is 0 Å². The van der Waals surface area contributed by atoms with Crippen molar-refractivity contribution in [3.8, 4) is 22.8 Å². The minimum absolute atomic E-state index is 0.0378. The van der Waals surface area contributed by atoms with Gasteiger partial charge in [-0.2, -0.15) is 0 Å². The molecule has 1 N–H and O–H groups in total. The third-order valence-electron chi connectivity index (χ3n) is 5.59. The van der Waals surface area contributed by atoms with Gasteiger partial charge in [0, 0.05) is 11.1 Å². The van der Waals surface area contributed by atoms with E-state index in [-0.39, 0.29) is 23.5 Å². The molecule has 0 fully saturated rings. The van der Waals surface area contributed by atoms with Gasteiger partial charge in [-0.05, 0) is 55.8 Å². The monoisotopic (exact) mass is 430 g/mol. The number of ether oxygens (including phenoxy) is 2. The molecule has 1 aromatic heterocycles. The Morgan fingerprint density at radius 3 is 2.41 bits per heavy atom. The first kappa shape index (κ1) is 19.8. The zero-order valence-corrected chi connectivity index (χ0v) is 17.3. The Kier molecular flexibility index (Phi) is 4.48. The summed E-state index contributed by atoms with van der Waals surface area (Å²) in [6.45, 7) is 3.61. The Balaban J connectivity index is 1.57. The largest absolute Gasteiger partial charge is 0.478 e. The lowest BCUT2D eigenvalue weighted by molar-refractivity contribution is -0.135. The van der Waals surface area contributed by atoms with Gasteiger partial charge in [-0.3, -0.25) is 9.59 Å². The molecule has 0 unspecified atom stereocenters. The molecule has 7 nitrogen and oxygen atoms in total. The standard InChI is InChI=1S/C25H18O7/c1-12(2)23-22(27)15-7-8-19-21(24(15)32-23)16(11-20(26)31-19)18-10-9-17(30-18)13-3-5-14(6-4-13)25(28)29/h3-10,16H,11H2,1-2H3,(H,28,29)/t16-/m0/s1. The van der Waals surface area contributed by atoms with Gasteiger partial charge in [0.1, 0.15) is 23.0 Å². The van der Waals surface area contributed by atoms with Crippen LogP contribution in [-0.4, -0.2) is 22.8 Å². The quantitative estimate of drug-likeness (QED) is 0.356. The fraction of sp³-hybridized carbons (Fsp3) is 0.160. The maximum absolute atomic E-state index is 12.7. The molecule has 0 saturated carbocycles. The first-order valence-corrected chi connectivity index (χ1v) is 10.0. The van der Waals surface area contributed by atoms with Crippen molar-refractivity contribution in [3.05, 3.63) is 82.3 Å². The fourth-order valence-corrected chi connectivity index (χ4v) is 4.04. The maximum Gasteiger partial charge on any atom is 0.335 e. The average Bonchev–Trinajstić information content (AvgIpc) is 3.38. The molecular formula is C25H18O7. The summed E-state index contributed by atoms with van der Waals surface area (Å²) in [4.78, 5) is 36.1. The van der Waals surface area contributed by atoms with Crippen LogP contribution in [0.4, 0.5) is 0 Å². The van der Waals surface area contributed by atoms with E-state index in [9.17, 15) is 14.4 Å². The number of carboxylic acids is 1. The van der Waals surface area contributed by atoms with Crippen molar-refractivity contribution in [1.29, 1.82) is 0 Å². The molecule has 160 valence electrons. The van der Waals surface area contributed by atoms with Gasteiger partial charge in [-0.1, -0.05) is 12.1 Å². The number of carbonyl (C=O) groups is 3. The molecule has 0 bridgehead atoms. The number of ketones is 1. The summed E-state index contributed by atoms with van der Waals surface area (Å²) >= 11 is 0. The Morgan fingerprint density at radius 1 is 0.969 bits per heavy atom. The highest BCUT2D eigenvalue weighted by atomic mass is 16.5. The maximum atomic E-state index is 12.7. The van der Waals surface area contributed by atoms with Crippen LogP contribution in [-0.2, 0) is 4.79 Å². The Hall–Kier alpha value is -4.13. The van der Waals surface area contributed by atoms with E-state index >= 15 is 0 Å². The minimum Gasteiger partial charge on any atom is -0.478 e. The van der Waals surface area contributed by atoms with Crippen molar-refractivity contribution in [1.82, 2.24) is 0 Å². The summed E-state index contributed by atoms with van der Waals surface area (Å²) in [6, 6.07) is 13.1. The van der Waals surface area contributed by atoms with E-state index < -0.39 is 17.9 Å². The molecule has 0 spiro atoms. The summed E-state index contributed by atoms with van der Waals surface area (Å²) in [7, 11) is 0. The van der Waals surface area contributed by atoms with Crippen molar-refractivity contribution in [2.45, 2.75) is 26.2 Å². The molecule has 3 heterocycles. The van der Waals surface area contributed by atoms with E-state index in [1.165, 1.54) is 12.1 Å². The molecule has 7 heteroatoms. The third-order valence-corrected chi connectivity index (χ3v) is 5.59. The molecule has 32 heavy (non-hydrogen) atoms. The minimum atomic E-state index is -1.01. The van der Waals surface area contributed by atoms with Crippen LogP contribution in [0.1, 0.15) is 58.2 Å². The molecule has 2 aliphatic rings. The van der Waals surface area contributed by atoms with E-state index in [0.29, 0.717) is 39.7 Å². The number of Topliss-reactive ketones (excluding diaryl/α,β-unsaturated/α-hetero) is 1. The first-order chi connectivity index (χ1) is 15.3. The van der Waals surface area contributed by atoms with Gasteiger partial charge in [0.25, 0.3) is 0 Å². The Labute approximate surface area is 182 Å². The van der Waals surface area contributed by atoms with Crippen molar-refractivity contribution < 1.29 is 33.4 Å². The van der Waals surface area contributed by atoms with Crippen LogP contribution in [0.25, 0.3) is 11.3 Å². The molecule has 2 aliphatic heterocycles. The van der Waals surface area contributed by atoms with Crippen LogP contribution in [0.5, 0.6) is 11.5 Å². The normalized spacial score (nSPS) is 16.8. The highest BCUT2D eigenvalue weighted by Crippen LogP contribution is 2.49. The second-order valence-electron chi connectivity index (χ2n) is 7.93. The van der Waals surface area contributed by atoms with Crippen molar-refractivity contribution in [3.63, 3.8) is 0 Å². The molecule has 2 aromatic carbocycles. The number of furan rings is 1. The molecule has 0 aliphatic carbocycles. The number of fused-ring (bicyclic) bond motifs is 3. The zero-order valence-electron chi connectivity index (χ0n) is 17.3. The van der Waals surface area contributed by atoms with Gasteiger partial charge < -0.3 is 19.0 Å². The molecular weight excluding hydrogens is 412 g/mol. The summed E-state index contributed by atoms with van der Waals surface area (Å²) in [5.74, 6) is -0.0210. The molecule has 1 atom stereocenters. The lowest BCUT2D eigenvalue weighted by Crippen LogP contribution is -2.21. The summed E-state index contributed by atoms with van der Waals surface area (Å²) < 4.78 is 17.4. The number of rotatable bonds is 3. The van der Waals surface area contributed by atoms with E-state index in [1.54, 1.807) is 50.2 Å². The summed E-state index contributed by atoms with van der Waals surface area (Å²) in [5, 5.41) is 9.08. The number of hydrogen-bond donors (Lipinski definition) is 1. The Bertz CT molecular complexity index is 1320. The van der Waals surface area contributed by atoms with Crippen LogP contribution in [0.15, 0.2) is 64.3 Å². The van der Waals surface area contributed by atoms with Crippen molar-refractivity contribution >= 4 is 17.7 Å². The van der Waals surface area contributed by atoms with E-state index in [1.807, 2.05) is 0 Å². The number of esters is 1. The first-order valence-electron chi connectivity index (χ1n) is 10.0. The van der Waals surface area contributed by atoms with Gasteiger partial charge in [-0.15, -0.1) is 0 Å². The van der Waals surface area contributed by atoms with Crippen molar-refractivity contribution in [2.75, 3.05) is 0 Å². The fourth-order valence-electron chi connectivity index (χ4n) is 4.04. The van der Waals surface area contributed by atoms with Crippen LogP contribution in [0.2, 0.25) is 0 Å². The predicted molar refractivity (Wildman–Crippen MR) is 113 cm³/mol. The van der Waals surface area contributed by atoms with Crippen LogP contribution >= 0.6 is 0 Å². The van der Waals surface area contributed by atoms with Gasteiger partial charge >= 0.3 is 11.9 Å². The number of carboxylic acid groups (broad SMARTS) is 1. The second-order valence-corrected chi connectivity index (χ2v) is 7.93. The van der Waals surface area contributed by atoms with E-state index in [4.69, 9.17) is 19.0 Å². The predicted octanol–water partition coefficient (Wildman–Crippen LogP) is 4.95. The molecule has 3 aromatic rings.